The van der Waals surface area contributed by atoms with Gasteiger partial charge in [-0.1, -0.05) is 67.6 Å². The summed E-state index contributed by atoms with van der Waals surface area (Å²) in [7, 11) is 1.63. The van der Waals surface area contributed by atoms with Crippen molar-refractivity contribution in [2.24, 2.45) is 29.6 Å². The molecule has 10 atom stereocenters. The van der Waals surface area contributed by atoms with Crippen LogP contribution in [0.25, 0.3) is 0 Å². The predicted molar refractivity (Wildman–Crippen MR) is 150 cm³/mol. The fourth-order valence-corrected chi connectivity index (χ4v) is 7.39. The van der Waals surface area contributed by atoms with Gasteiger partial charge < -0.3 is 28.4 Å². The van der Waals surface area contributed by atoms with Gasteiger partial charge >= 0.3 is 0 Å². The number of carbonyl (C=O) groups excluding carboxylic acids is 1. The molecule has 1 heterocycles. The topological polar surface area (TPSA) is 72.5 Å². The number of hydrogen-bond acceptors (Lipinski definition) is 7. The minimum Gasteiger partial charge on any atom is -0.373 e. The Hall–Kier alpha value is -2.13. The Balaban J connectivity index is 1.47. The van der Waals surface area contributed by atoms with Gasteiger partial charge in [0.05, 0.1) is 37.6 Å². The van der Waals surface area contributed by atoms with Crippen molar-refractivity contribution in [3.8, 4) is 0 Å². The lowest BCUT2D eigenvalue weighted by molar-refractivity contribution is -0.274. The van der Waals surface area contributed by atoms with Gasteiger partial charge in [0.15, 0.2) is 6.29 Å². The maximum absolute atomic E-state index is 13.8. The van der Waals surface area contributed by atoms with Gasteiger partial charge in [-0.3, -0.25) is 4.79 Å². The molecule has 1 saturated heterocycles. The van der Waals surface area contributed by atoms with Crippen LogP contribution >= 0.6 is 0 Å². The molecule has 1 aliphatic heterocycles. The monoisotopic (exact) mass is 552 g/mol. The van der Waals surface area contributed by atoms with E-state index in [1.165, 1.54) is 0 Å². The molecule has 0 spiro atoms. The number of hydrogen-bond donors (Lipinski definition) is 0. The van der Waals surface area contributed by atoms with Crippen LogP contribution < -0.4 is 0 Å². The number of ether oxygens (including phenoxy) is 6. The van der Waals surface area contributed by atoms with E-state index in [1.54, 1.807) is 7.11 Å². The number of Topliss-reactive ketones (excluding diaryl/α,β-unsaturated/α-hetero) is 1. The molecule has 0 amide bonds. The Bertz CT molecular complexity index is 1060. The molecular formula is C33H44O7. The van der Waals surface area contributed by atoms with Gasteiger partial charge in [0.25, 0.3) is 0 Å². The normalized spacial score (nSPS) is 35.6. The SMILES string of the molecule is CCO[C@H]1C[C@H]2C(=O)C[C@H]3[C@@H](OCOC)[C@H](OCc4ccccc4)[C@H](C)[C@@H](OCc4ccccc4)[C@H]3[C@@H]2[C@H](C)O1. The molecule has 0 unspecified atom stereocenters. The van der Waals surface area contributed by atoms with Crippen molar-refractivity contribution in [1.29, 1.82) is 0 Å². The van der Waals surface area contributed by atoms with Crippen LogP contribution in [0.5, 0.6) is 0 Å². The van der Waals surface area contributed by atoms with Gasteiger partial charge in [-0.05, 0) is 30.9 Å². The minimum absolute atomic E-state index is 0.00916. The second-order valence-corrected chi connectivity index (χ2v) is 11.5. The number of ketones is 1. The predicted octanol–water partition coefficient (Wildman–Crippen LogP) is 5.41. The summed E-state index contributed by atoms with van der Waals surface area (Å²) in [5.41, 5.74) is 2.22. The number of benzene rings is 2. The van der Waals surface area contributed by atoms with E-state index >= 15 is 0 Å². The Morgan fingerprint density at radius 3 is 2.02 bits per heavy atom. The lowest BCUT2D eigenvalue weighted by atomic mass is 9.54. The third kappa shape index (κ3) is 6.35. The summed E-state index contributed by atoms with van der Waals surface area (Å²) < 4.78 is 37.4. The molecule has 2 saturated carbocycles. The lowest BCUT2D eigenvalue weighted by Crippen LogP contribution is -2.65. The van der Waals surface area contributed by atoms with Crippen molar-refractivity contribution in [3.63, 3.8) is 0 Å². The van der Waals surface area contributed by atoms with Crippen LogP contribution in [0, 0.1) is 29.6 Å². The fraction of sp³-hybridized carbons (Fsp3) is 0.606. The first-order chi connectivity index (χ1) is 19.5. The van der Waals surface area contributed by atoms with Gasteiger partial charge in [-0.25, -0.2) is 0 Å². The Kier molecular flexibility index (Phi) is 10.0. The minimum atomic E-state index is -0.353. The summed E-state index contributed by atoms with van der Waals surface area (Å²) in [6.45, 7) is 7.90. The second-order valence-electron chi connectivity index (χ2n) is 11.5. The Morgan fingerprint density at radius 1 is 0.800 bits per heavy atom. The molecule has 7 heteroatoms. The molecule has 40 heavy (non-hydrogen) atoms. The van der Waals surface area contributed by atoms with Gasteiger partial charge in [0.1, 0.15) is 12.6 Å². The van der Waals surface area contributed by atoms with Gasteiger partial charge in [-0.15, -0.1) is 0 Å². The van der Waals surface area contributed by atoms with Gasteiger partial charge in [0, 0.05) is 50.2 Å². The van der Waals surface area contributed by atoms with Crippen molar-refractivity contribution >= 4 is 5.78 Å². The highest BCUT2D eigenvalue weighted by molar-refractivity contribution is 5.83. The summed E-state index contributed by atoms with van der Waals surface area (Å²) in [4.78, 5) is 13.8. The summed E-state index contributed by atoms with van der Waals surface area (Å²) >= 11 is 0. The molecule has 0 aromatic heterocycles. The molecule has 2 aromatic carbocycles. The van der Waals surface area contributed by atoms with Crippen molar-refractivity contribution < 1.29 is 33.2 Å². The quantitative estimate of drug-likeness (QED) is 0.346. The highest BCUT2D eigenvalue weighted by Gasteiger charge is 2.60. The van der Waals surface area contributed by atoms with E-state index < -0.39 is 0 Å². The Morgan fingerprint density at radius 2 is 1.43 bits per heavy atom. The molecule has 2 aromatic rings. The van der Waals surface area contributed by atoms with E-state index in [0.29, 0.717) is 32.7 Å². The number of fused-ring (bicyclic) bond motifs is 3. The zero-order valence-corrected chi connectivity index (χ0v) is 24.1. The van der Waals surface area contributed by atoms with Crippen LogP contribution in [0.1, 0.15) is 44.7 Å². The zero-order chi connectivity index (χ0) is 28.1. The van der Waals surface area contributed by atoms with E-state index in [0.717, 1.165) is 11.1 Å². The van der Waals surface area contributed by atoms with Gasteiger partial charge in [0.2, 0.25) is 0 Å². The smallest absolute Gasteiger partial charge is 0.158 e. The molecule has 3 fully saturated rings. The molecule has 2 aliphatic carbocycles. The highest BCUT2D eigenvalue weighted by Crippen LogP contribution is 2.54. The fourth-order valence-electron chi connectivity index (χ4n) is 7.39. The average molecular weight is 553 g/mol. The molecular weight excluding hydrogens is 508 g/mol. The summed E-state index contributed by atoms with van der Waals surface area (Å²) in [5, 5.41) is 0. The number of rotatable bonds is 11. The molecule has 0 radical (unpaired) electrons. The third-order valence-corrected chi connectivity index (χ3v) is 9.07. The number of methoxy groups -OCH3 is 1. The zero-order valence-electron chi connectivity index (χ0n) is 24.1. The van der Waals surface area contributed by atoms with E-state index in [9.17, 15) is 4.79 Å². The Labute approximate surface area is 238 Å². The first kappa shape index (κ1) is 29.4. The first-order valence-corrected chi connectivity index (χ1v) is 14.7. The van der Waals surface area contributed by atoms with E-state index in [1.807, 2.05) is 43.3 Å². The van der Waals surface area contributed by atoms with Crippen LogP contribution in [-0.4, -0.2) is 57.0 Å². The summed E-state index contributed by atoms with van der Waals surface area (Å²) in [6, 6.07) is 20.4. The van der Waals surface area contributed by atoms with E-state index in [4.69, 9.17) is 28.4 Å². The van der Waals surface area contributed by atoms with Crippen molar-refractivity contribution in [1.82, 2.24) is 0 Å². The molecule has 5 rings (SSSR count). The molecule has 218 valence electrons. The highest BCUT2D eigenvalue weighted by atomic mass is 16.7. The van der Waals surface area contributed by atoms with Crippen LogP contribution in [0.15, 0.2) is 60.7 Å². The molecule has 3 aliphatic rings. The molecule has 7 nitrogen and oxygen atoms in total. The number of carbonyl (C=O) groups is 1. The second kappa shape index (κ2) is 13.7. The molecule has 0 N–H and O–H groups in total. The van der Waals surface area contributed by atoms with Crippen molar-refractivity contribution in [3.05, 3.63) is 71.8 Å². The van der Waals surface area contributed by atoms with Crippen LogP contribution in [0.3, 0.4) is 0 Å². The summed E-state index contributed by atoms with van der Waals surface area (Å²) in [5.74, 6) is 0.154. The molecule has 0 bridgehead atoms. The van der Waals surface area contributed by atoms with Crippen LogP contribution in [0.4, 0.5) is 0 Å². The average Bonchev–Trinajstić information content (AvgIpc) is 2.96. The maximum Gasteiger partial charge on any atom is 0.158 e. The first-order valence-electron chi connectivity index (χ1n) is 14.7. The van der Waals surface area contributed by atoms with E-state index in [-0.39, 0.29) is 72.9 Å². The lowest BCUT2D eigenvalue weighted by Gasteiger charge is -2.58. The van der Waals surface area contributed by atoms with Crippen LogP contribution in [-0.2, 0) is 46.4 Å². The third-order valence-electron chi connectivity index (χ3n) is 9.07. The largest absolute Gasteiger partial charge is 0.373 e. The van der Waals surface area contributed by atoms with Gasteiger partial charge in [-0.2, -0.15) is 0 Å². The van der Waals surface area contributed by atoms with Crippen molar-refractivity contribution in [2.75, 3.05) is 20.5 Å². The van der Waals surface area contributed by atoms with Crippen molar-refractivity contribution in [2.45, 2.75) is 77.5 Å². The summed E-state index contributed by atoms with van der Waals surface area (Å²) in [6.07, 6.45) is -0.193. The van der Waals surface area contributed by atoms with Crippen LogP contribution in [0.2, 0.25) is 0 Å². The maximum atomic E-state index is 13.8. The standard InChI is InChI=1S/C33H44O7/c1-5-36-28-17-25-27(34)16-26-30(29(25)22(3)40-28)31(37-18-23-12-8-6-9-13-23)21(2)32(33(26)39-20-35-4)38-19-24-14-10-7-11-15-24/h6-15,21-22,25-26,28-33H,5,16-20H2,1-4H3/t21-,22+,25+,26-,28-,29-,30-,31-,32-,33-/m1/s1. The van der Waals surface area contributed by atoms with E-state index in [2.05, 4.69) is 38.1 Å².